The fourth-order valence-electron chi connectivity index (χ4n) is 3.87. The van der Waals surface area contributed by atoms with Crippen LogP contribution in [0.15, 0.2) is 42.5 Å². The zero-order valence-electron chi connectivity index (χ0n) is 17.2. The van der Waals surface area contributed by atoms with Crippen molar-refractivity contribution in [3.8, 4) is 11.5 Å². The van der Waals surface area contributed by atoms with Crippen molar-refractivity contribution in [3.05, 3.63) is 59.2 Å². The zero-order chi connectivity index (χ0) is 20.2. The molecule has 1 atom stereocenters. The van der Waals surface area contributed by atoms with Crippen molar-refractivity contribution in [1.29, 1.82) is 0 Å². The van der Waals surface area contributed by atoms with Crippen LogP contribution < -0.4 is 14.8 Å². The Bertz CT molecular complexity index is 862. The molecule has 2 heterocycles. The number of aryl methyl sites for hydroxylation is 1. The number of urea groups is 1. The first-order chi connectivity index (χ1) is 14.1. The molecule has 0 spiro atoms. The number of piperazine rings is 1. The number of hydrogen-bond acceptors (Lipinski definition) is 4. The Morgan fingerprint density at radius 1 is 1.03 bits per heavy atom. The molecular formula is C23H29N3O3. The average molecular weight is 396 g/mol. The zero-order valence-corrected chi connectivity index (χ0v) is 17.2. The van der Waals surface area contributed by atoms with Crippen LogP contribution in [-0.4, -0.2) is 55.2 Å². The van der Waals surface area contributed by atoms with Crippen molar-refractivity contribution in [2.45, 2.75) is 26.4 Å². The summed E-state index contributed by atoms with van der Waals surface area (Å²) in [6, 6.07) is 14.4. The van der Waals surface area contributed by atoms with E-state index in [0.29, 0.717) is 13.2 Å². The van der Waals surface area contributed by atoms with Crippen LogP contribution in [0.2, 0.25) is 0 Å². The van der Waals surface area contributed by atoms with Crippen molar-refractivity contribution in [2.24, 2.45) is 0 Å². The molecule has 2 aromatic carbocycles. The van der Waals surface area contributed by atoms with Crippen molar-refractivity contribution >= 4 is 6.03 Å². The molecule has 2 aromatic rings. The number of carbonyl (C=O) groups excluding carboxylic acids is 1. The lowest BCUT2D eigenvalue weighted by Crippen LogP contribution is -2.51. The SMILES string of the molecule is Cc1cccc(CN2CCN(C(=O)NC(C)c3ccc4c(c3)OCCO4)CC2)c1. The second kappa shape index (κ2) is 8.74. The van der Waals surface area contributed by atoms with E-state index in [1.807, 2.05) is 30.0 Å². The number of ether oxygens (including phenoxy) is 2. The van der Waals surface area contributed by atoms with Gasteiger partial charge in [0.2, 0.25) is 0 Å². The number of hydrogen-bond donors (Lipinski definition) is 1. The maximum absolute atomic E-state index is 12.7. The summed E-state index contributed by atoms with van der Waals surface area (Å²) in [5, 5.41) is 3.12. The lowest BCUT2D eigenvalue weighted by atomic mass is 10.1. The highest BCUT2D eigenvalue weighted by Crippen LogP contribution is 2.32. The van der Waals surface area contributed by atoms with E-state index in [9.17, 15) is 4.79 Å². The quantitative estimate of drug-likeness (QED) is 0.863. The summed E-state index contributed by atoms with van der Waals surface area (Å²) in [4.78, 5) is 17.0. The minimum absolute atomic E-state index is 0.0115. The number of amides is 2. The Morgan fingerprint density at radius 3 is 2.55 bits per heavy atom. The summed E-state index contributed by atoms with van der Waals surface area (Å²) < 4.78 is 11.2. The Balaban J connectivity index is 1.28. The van der Waals surface area contributed by atoms with Gasteiger partial charge in [-0.3, -0.25) is 4.90 Å². The second-order valence-electron chi connectivity index (χ2n) is 7.83. The van der Waals surface area contributed by atoms with Gasteiger partial charge in [-0.15, -0.1) is 0 Å². The van der Waals surface area contributed by atoms with Gasteiger partial charge in [-0.1, -0.05) is 35.9 Å². The Kier molecular flexibility index (Phi) is 5.90. The number of nitrogens with zero attached hydrogens (tertiary/aromatic N) is 2. The number of nitrogens with one attached hydrogen (secondary N) is 1. The predicted molar refractivity (Wildman–Crippen MR) is 112 cm³/mol. The van der Waals surface area contributed by atoms with E-state index in [2.05, 4.69) is 41.4 Å². The lowest BCUT2D eigenvalue weighted by Gasteiger charge is -2.35. The van der Waals surface area contributed by atoms with E-state index in [0.717, 1.165) is 49.8 Å². The molecule has 4 rings (SSSR count). The fraction of sp³-hybridized carbons (Fsp3) is 0.435. The number of rotatable bonds is 4. The summed E-state index contributed by atoms with van der Waals surface area (Å²) in [6.07, 6.45) is 0. The largest absolute Gasteiger partial charge is 0.486 e. The molecule has 1 fully saturated rings. The Hall–Kier alpha value is -2.73. The molecule has 1 saturated heterocycles. The van der Waals surface area contributed by atoms with Gasteiger partial charge in [-0.2, -0.15) is 0 Å². The molecule has 0 bridgehead atoms. The van der Waals surface area contributed by atoms with E-state index in [1.54, 1.807) is 0 Å². The molecule has 2 aliphatic rings. The smallest absolute Gasteiger partial charge is 0.317 e. The van der Waals surface area contributed by atoms with Crippen molar-refractivity contribution in [2.75, 3.05) is 39.4 Å². The van der Waals surface area contributed by atoms with Gasteiger partial charge in [0.1, 0.15) is 13.2 Å². The minimum atomic E-state index is -0.0938. The van der Waals surface area contributed by atoms with Gasteiger partial charge in [0.25, 0.3) is 0 Å². The average Bonchev–Trinajstić information content (AvgIpc) is 2.74. The summed E-state index contributed by atoms with van der Waals surface area (Å²) in [5.74, 6) is 1.52. The van der Waals surface area contributed by atoms with Gasteiger partial charge in [-0.25, -0.2) is 4.79 Å². The van der Waals surface area contributed by atoms with Crippen molar-refractivity contribution in [1.82, 2.24) is 15.1 Å². The lowest BCUT2D eigenvalue weighted by molar-refractivity contribution is 0.133. The third-order valence-corrected chi connectivity index (χ3v) is 5.55. The third kappa shape index (κ3) is 4.82. The highest BCUT2D eigenvalue weighted by molar-refractivity contribution is 5.75. The predicted octanol–water partition coefficient (Wildman–Crippen LogP) is 3.35. The first kappa shape index (κ1) is 19.6. The monoisotopic (exact) mass is 395 g/mol. The first-order valence-electron chi connectivity index (χ1n) is 10.3. The van der Waals surface area contributed by atoms with Gasteiger partial charge in [0.15, 0.2) is 11.5 Å². The molecule has 0 radical (unpaired) electrons. The van der Waals surface area contributed by atoms with Crippen molar-refractivity contribution in [3.63, 3.8) is 0 Å². The topological polar surface area (TPSA) is 54.0 Å². The summed E-state index contributed by atoms with van der Waals surface area (Å²) in [6.45, 7) is 9.45. The second-order valence-corrected chi connectivity index (χ2v) is 7.83. The number of carbonyl (C=O) groups is 1. The van der Waals surface area contributed by atoms with Crippen LogP contribution in [-0.2, 0) is 6.54 Å². The van der Waals surface area contributed by atoms with E-state index in [-0.39, 0.29) is 12.1 Å². The molecule has 2 aliphatic heterocycles. The molecule has 6 heteroatoms. The molecule has 2 amide bonds. The summed E-state index contributed by atoms with van der Waals surface area (Å²) >= 11 is 0. The van der Waals surface area contributed by atoms with Gasteiger partial charge in [0.05, 0.1) is 6.04 Å². The maximum Gasteiger partial charge on any atom is 0.317 e. The normalized spacial score (nSPS) is 17.7. The van der Waals surface area contributed by atoms with Crippen LogP contribution >= 0.6 is 0 Å². The van der Waals surface area contributed by atoms with Gasteiger partial charge in [-0.05, 0) is 37.1 Å². The molecule has 154 valence electrons. The van der Waals surface area contributed by atoms with Crippen LogP contribution in [0.3, 0.4) is 0 Å². The Morgan fingerprint density at radius 2 is 1.79 bits per heavy atom. The first-order valence-corrected chi connectivity index (χ1v) is 10.3. The van der Waals surface area contributed by atoms with Crippen LogP contribution in [0.1, 0.15) is 29.7 Å². The van der Waals surface area contributed by atoms with Crippen LogP contribution in [0.5, 0.6) is 11.5 Å². The van der Waals surface area contributed by atoms with E-state index >= 15 is 0 Å². The third-order valence-electron chi connectivity index (χ3n) is 5.55. The summed E-state index contributed by atoms with van der Waals surface area (Å²) in [7, 11) is 0. The summed E-state index contributed by atoms with van der Waals surface area (Å²) in [5.41, 5.74) is 3.63. The molecule has 1 N–H and O–H groups in total. The van der Waals surface area contributed by atoms with Crippen LogP contribution in [0.25, 0.3) is 0 Å². The van der Waals surface area contributed by atoms with Crippen LogP contribution in [0, 0.1) is 6.92 Å². The molecule has 29 heavy (non-hydrogen) atoms. The van der Waals surface area contributed by atoms with Gasteiger partial charge < -0.3 is 19.7 Å². The Labute approximate surface area is 172 Å². The maximum atomic E-state index is 12.7. The molecule has 1 unspecified atom stereocenters. The highest BCUT2D eigenvalue weighted by Gasteiger charge is 2.23. The molecule has 0 saturated carbocycles. The van der Waals surface area contributed by atoms with E-state index in [4.69, 9.17) is 9.47 Å². The van der Waals surface area contributed by atoms with Gasteiger partial charge >= 0.3 is 6.03 Å². The fourth-order valence-corrected chi connectivity index (χ4v) is 3.87. The van der Waals surface area contributed by atoms with Crippen molar-refractivity contribution < 1.29 is 14.3 Å². The molecule has 0 aromatic heterocycles. The highest BCUT2D eigenvalue weighted by atomic mass is 16.6. The molecule has 6 nitrogen and oxygen atoms in total. The van der Waals surface area contributed by atoms with E-state index < -0.39 is 0 Å². The van der Waals surface area contributed by atoms with Gasteiger partial charge in [0, 0.05) is 32.7 Å². The minimum Gasteiger partial charge on any atom is -0.486 e. The molecule has 0 aliphatic carbocycles. The standard InChI is InChI=1S/C23H29N3O3/c1-17-4-3-5-19(14-17)16-25-8-10-26(11-9-25)23(27)24-18(2)20-6-7-21-22(15-20)29-13-12-28-21/h3-7,14-15,18H,8-13,16H2,1-2H3,(H,24,27). The number of benzene rings is 2. The van der Waals surface area contributed by atoms with E-state index in [1.165, 1.54) is 11.1 Å². The number of fused-ring (bicyclic) bond motifs is 1. The molecular weight excluding hydrogens is 366 g/mol. The van der Waals surface area contributed by atoms with Crippen LogP contribution in [0.4, 0.5) is 4.79 Å².